The Morgan fingerprint density at radius 2 is 1.57 bits per heavy atom. The van der Waals surface area contributed by atoms with Crippen molar-refractivity contribution in [2.75, 3.05) is 0 Å². The minimum atomic E-state index is 1.04. The third-order valence-electron chi connectivity index (χ3n) is 2.24. The molecule has 1 heteroatoms. The van der Waals surface area contributed by atoms with Crippen LogP contribution in [0.2, 0.25) is 0 Å². The third kappa shape index (κ3) is 3.33. The number of hydrogen-bond acceptors (Lipinski definition) is 1. The minimum Gasteiger partial charge on any atom is -0.266 e. The van der Waals surface area contributed by atoms with Crippen LogP contribution in [0.15, 0.2) is 39.6 Å². The lowest BCUT2D eigenvalue weighted by Gasteiger charge is -2.11. The maximum Gasteiger partial charge on any atom is 0.0445 e. The molecule has 0 amide bonds. The lowest BCUT2D eigenvalue weighted by molar-refractivity contribution is 1.15. The summed E-state index contributed by atoms with van der Waals surface area (Å²) in [5, 5.41) is 0. The molecule has 0 rings (SSSR count). The molecule has 0 bridgehead atoms. The van der Waals surface area contributed by atoms with Gasteiger partial charge in [0.05, 0.1) is 0 Å². The van der Waals surface area contributed by atoms with Crippen molar-refractivity contribution in [3.63, 3.8) is 0 Å². The van der Waals surface area contributed by atoms with Gasteiger partial charge in [0.25, 0.3) is 0 Å². The molecular formula is C13H21N. The van der Waals surface area contributed by atoms with Gasteiger partial charge >= 0.3 is 0 Å². The van der Waals surface area contributed by atoms with Gasteiger partial charge < -0.3 is 0 Å². The van der Waals surface area contributed by atoms with Crippen LogP contribution in [-0.4, -0.2) is 6.21 Å². The average Bonchev–Trinajstić information content (AvgIpc) is 2.03. The first-order valence-corrected chi connectivity index (χ1v) is 4.91. The molecular weight excluding hydrogens is 170 g/mol. The minimum absolute atomic E-state index is 1.04. The first-order valence-electron chi connectivity index (χ1n) is 4.91. The van der Waals surface area contributed by atoms with Crippen LogP contribution in [-0.2, 0) is 0 Å². The Morgan fingerprint density at radius 3 is 1.86 bits per heavy atom. The van der Waals surface area contributed by atoms with E-state index in [2.05, 4.69) is 32.3 Å². The highest BCUT2D eigenvalue weighted by atomic mass is 14.7. The Kier molecular flexibility index (Phi) is 5.14. The molecule has 1 nitrogen and oxygen atoms in total. The zero-order chi connectivity index (χ0) is 11.3. The summed E-state index contributed by atoms with van der Waals surface area (Å²) >= 11 is 0. The predicted octanol–water partition coefficient (Wildman–Crippen LogP) is 4.28. The second-order valence-corrected chi connectivity index (χ2v) is 3.75. The van der Waals surface area contributed by atoms with Crippen molar-refractivity contribution in [1.29, 1.82) is 0 Å². The number of hydrogen-bond donors (Lipinski definition) is 0. The van der Waals surface area contributed by atoms with Crippen LogP contribution in [0, 0.1) is 0 Å². The van der Waals surface area contributed by atoms with Gasteiger partial charge in [0.1, 0.15) is 0 Å². The quantitative estimate of drug-likeness (QED) is 0.466. The lowest BCUT2D eigenvalue weighted by atomic mass is 9.96. The molecule has 0 fully saturated rings. The van der Waals surface area contributed by atoms with Crippen molar-refractivity contribution in [2.45, 2.75) is 41.5 Å². The largest absolute Gasteiger partial charge is 0.266 e. The maximum atomic E-state index is 4.31. The molecule has 0 aliphatic carbocycles. The first-order chi connectivity index (χ1) is 6.41. The van der Waals surface area contributed by atoms with Crippen LogP contribution >= 0.6 is 0 Å². The summed E-state index contributed by atoms with van der Waals surface area (Å²) in [7, 11) is 0. The highest BCUT2D eigenvalue weighted by molar-refractivity contribution is 5.57. The van der Waals surface area contributed by atoms with E-state index in [0.717, 1.165) is 11.3 Å². The lowest BCUT2D eigenvalue weighted by Crippen LogP contribution is -1.93. The van der Waals surface area contributed by atoms with Gasteiger partial charge in [-0.15, -0.1) is 0 Å². The van der Waals surface area contributed by atoms with Crippen LogP contribution in [0.5, 0.6) is 0 Å². The molecule has 0 heterocycles. The summed E-state index contributed by atoms with van der Waals surface area (Å²) in [5.41, 5.74) is 5.89. The fourth-order valence-corrected chi connectivity index (χ4v) is 1.41. The van der Waals surface area contributed by atoms with Crippen LogP contribution in [0.3, 0.4) is 0 Å². The average molecular weight is 191 g/mol. The van der Waals surface area contributed by atoms with Gasteiger partial charge in [-0.1, -0.05) is 12.2 Å². The Bertz CT molecular complexity index is 310. The van der Waals surface area contributed by atoms with Gasteiger partial charge in [0, 0.05) is 17.5 Å². The van der Waals surface area contributed by atoms with Gasteiger partial charge in [-0.3, -0.25) is 4.99 Å². The molecule has 0 atom stereocenters. The fraction of sp³-hybridized carbons (Fsp3) is 0.462. The van der Waals surface area contributed by atoms with Crippen molar-refractivity contribution < 1.29 is 0 Å². The molecule has 0 radical (unpaired) electrons. The molecule has 0 aromatic rings. The molecule has 0 aromatic heterocycles. The number of aliphatic imine (C=N–C) groups is 1. The summed E-state index contributed by atoms with van der Waals surface area (Å²) in [6.45, 7) is 16.3. The summed E-state index contributed by atoms with van der Waals surface area (Å²) in [6, 6.07) is 0. The molecule has 0 aliphatic heterocycles. The molecule has 0 unspecified atom stereocenters. The Hall–Kier alpha value is -1.11. The Morgan fingerprint density at radius 1 is 1.07 bits per heavy atom. The van der Waals surface area contributed by atoms with Crippen LogP contribution < -0.4 is 0 Å². The summed E-state index contributed by atoms with van der Waals surface area (Å²) in [6.07, 6.45) is 1.82. The standard InChI is InChI=1S/C13H21N/c1-8-14-12(7)13(10(4)5)11(6)9(2)3/h8H,4H2,1-3,5-7H3/b13-12+,14-8-. The highest BCUT2D eigenvalue weighted by Crippen LogP contribution is 2.24. The Balaban J connectivity index is 5.49. The van der Waals surface area contributed by atoms with Crippen LogP contribution in [0.25, 0.3) is 0 Å². The van der Waals surface area contributed by atoms with E-state index in [0.29, 0.717) is 0 Å². The van der Waals surface area contributed by atoms with E-state index in [-0.39, 0.29) is 0 Å². The van der Waals surface area contributed by atoms with E-state index in [1.807, 2.05) is 27.0 Å². The van der Waals surface area contributed by atoms with Crippen molar-refractivity contribution in [3.05, 3.63) is 34.6 Å². The van der Waals surface area contributed by atoms with Gasteiger partial charge in [-0.05, 0) is 52.7 Å². The van der Waals surface area contributed by atoms with Crippen molar-refractivity contribution >= 4 is 6.21 Å². The second kappa shape index (κ2) is 5.58. The van der Waals surface area contributed by atoms with Crippen molar-refractivity contribution in [1.82, 2.24) is 0 Å². The topological polar surface area (TPSA) is 12.4 Å². The van der Waals surface area contributed by atoms with Crippen LogP contribution in [0.4, 0.5) is 0 Å². The van der Waals surface area contributed by atoms with E-state index in [9.17, 15) is 0 Å². The molecule has 14 heavy (non-hydrogen) atoms. The zero-order valence-electron chi connectivity index (χ0n) is 10.2. The number of nitrogens with zero attached hydrogens (tertiary/aromatic N) is 1. The smallest absolute Gasteiger partial charge is 0.0445 e. The van der Waals surface area contributed by atoms with Crippen molar-refractivity contribution in [3.8, 4) is 0 Å². The fourth-order valence-electron chi connectivity index (χ4n) is 1.41. The number of allylic oxidation sites excluding steroid dienone is 5. The molecule has 0 aliphatic rings. The van der Waals surface area contributed by atoms with E-state index in [1.54, 1.807) is 0 Å². The maximum absolute atomic E-state index is 4.31. The molecule has 0 aromatic carbocycles. The van der Waals surface area contributed by atoms with Gasteiger partial charge in [-0.2, -0.15) is 0 Å². The predicted molar refractivity (Wildman–Crippen MR) is 65.7 cm³/mol. The van der Waals surface area contributed by atoms with E-state index >= 15 is 0 Å². The molecule has 78 valence electrons. The van der Waals surface area contributed by atoms with Crippen LogP contribution in [0.1, 0.15) is 41.5 Å². The van der Waals surface area contributed by atoms with Gasteiger partial charge in [0.2, 0.25) is 0 Å². The summed E-state index contributed by atoms with van der Waals surface area (Å²) in [4.78, 5) is 4.31. The van der Waals surface area contributed by atoms with E-state index < -0.39 is 0 Å². The second-order valence-electron chi connectivity index (χ2n) is 3.75. The van der Waals surface area contributed by atoms with E-state index in [4.69, 9.17) is 0 Å². The highest BCUT2D eigenvalue weighted by Gasteiger charge is 2.06. The zero-order valence-corrected chi connectivity index (χ0v) is 10.2. The molecule has 0 N–H and O–H groups in total. The number of rotatable bonds is 3. The van der Waals surface area contributed by atoms with E-state index in [1.165, 1.54) is 16.7 Å². The normalized spacial score (nSPS) is 12.7. The Labute approximate surface area is 87.9 Å². The summed E-state index contributed by atoms with van der Waals surface area (Å²) in [5.74, 6) is 0. The first kappa shape index (κ1) is 12.9. The van der Waals surface area contributed by atoms with Crippen molar-refractivity contribution in [2.24, 2.45) is 4.99 Å². The third-order valence-corrected chi connectivity index (χ3v) is 2.24. The molecule has 0 spiro atoms. The van der Waals surface area contributed by atoms with Gasteiger partial charge in [0.15, 0.2) is 0 Å². The SMILES string of the molecule is C=C(C)/C(C(C)=C(C)C)=C(C)\N=C/C. The monoisotopic (exact) mass is 191 g/mol. The van der Waals surface area contributed by atoms with Gasteiger partial charge in [-0.25, -0.2) is 0 Å². The summed E-state index contributed by atoms with van der Waals surface area (Å²) < 4.78 is 0. The molecule has 0 saturated heterocycles. The molecule has 0 saturated carbocycles.